The molecule has 2 aromatic carbocycles. The van der Waals surface area contributed by atoms with Crippen LogP contribution in [0.15, 0.2) is 47.4 Å². The first-order valence-electron chi connectivity index (χ1n) is 8.95. The van der Waals surface area contributed by atoms with Gasteiger partial charge in [-0.05, 0) is 61.7 Å². The number of likely N-dealkylation sites (tertiary alicyclic amines) is 1. The standard InChI is InChI=1S/C20H27NO2S/c1-3-17-10-12-21(13-11-17)16(2)15-24(22,23)20-9-8-18-6-4-5-7-19(18)14-20/h4-9,14,16-17H,3,10-13,15H2,1-2H3. The monoisotopic (exact) mass is 345 g/mol. The first-order chi connectivity index (χ1) is 11.5. The van der Waals surface area contributed by atoms with E-state index in [1.54, 1.807) is 12.1 Å². The Morgan fingerprint density at radius 3 is 2.42 bits per heavy atom. The van der Waals surface area contributed by atoms with Gasteiger partial charge in [0.1, 0.15) is 0 Å². The van der Waals surface area contributed by atoms with Gasteiger partial charge in [0.25, 0.3) is 0 Å². The fourth-order valence-corrected chi connectivity index (χ4v) is 5.30. The van der Waals surface area contributed by atoms with Crippen LogP contribution >= 0.6 is 0 Å². The summed E-state index contributed by atoms with van der Waals surface area (Å²) in [5.41, 5.74) is 0. The molecule has 0 N–H and O–H groups in total. The Balaban J connectivity index is 1.72. The van der Waals surface area contributed by atoms with E-state index in [9.17, 15) is 8.42 Å². The zero-order chi connectivity index (χ0) is 17.2. The molecule has 1 unspecified atom stereocenters. The summed E-state index contributed by atoms with van der Waals surface area (Å²) >= 11 is 0. The lowest BCUT2D eigenvalue weighted by atomic mass is 9.94. The molecular formula is C20H27NO2S. The number of piperidine rings is 1. The fraction of sp³-hybridized carbons (Fsp3) is 0.500. The highest BCUT2D eigenvalue weighted by atomic mass is 32.2. The highest BCUT2D eigenvalue weighted by Crippen LogP contribution is 2.24. The van der Waals surface area contributed by atoms with E-state index in [2.05, 4.69) is 11.8 Å². The second kappa shape index (κ2) is 7.24. The molecule has 1 fully saturated rings. The number of nitrogens with zero attached hydrogens (tertiary/aromatic N) is 1. The number of sulfone groups is 1. The quantitative estimate of drug-likeness (QED) is 0.818. The smallest absolute Gasteiger partial charge is 0.179 e. The van der Waals surface area contributed by atoms with Gasteiger partial charge in [-0.2, -0.15) is 0 Å². The summed E-state index contributed by atoms with van der Waals surface area (Å²) < 4.78 is 25.6. The molecule has 3 rings (SSSR count). The first kappa shape index (κ1) is 17.4. The van der Waals surface area contributed by atoms with Crippen LogP contribution in [0.2, 0.25) is 0 Å². The van der Waals surface area contributed by atoms with E-state index in [4.69, 9.17) is 0 Å². The summed E-state index contributed by atoms with van der Waals surface area (Å²) in [5, 5.41) is 2.06. The van der Waals surface area contributed by atoms with Crippen LogP contribution in [0.5, 0.6) is 0 Å². The minimum Gasteiger partial charge on any atom is -0.300 e. The minimum absolute atomic E-state index is 0.0688. The highest BCUT2D eigenvalue weighted by Gasteiger charge is 2.26. The minimum atomic E-state index is -3.26. The normalized spacial score (nSPS) is 18.8. The second-order valence-corrected chi connectivity index (χ2v) is 9.06. The Morgan fingerprint density at radius 1 is 1.08 bits per heavy atom. The van der Waals surface area contributed by atoms with Crippen molar-refractivity contribution < 1.29 is 8.42 Å². The first-order valence-corrected chi connectivity index (χ1v) is 10.6. The van der Waals surface area contributed by atoms with Gasteiger partial charge in [-0.3, -0.25) is 4.90 Å². The average molecular weight is 346 g/mol. The van der Waals surface area contributed by atoms with Gasteiger partial charge < -0.3 is 0 Å². The van der Waals surface area contributed by atoms with Crippen molar-refractivity contribution in [2.75, 3.05) is 18.8 Å². The van der Waals surface area contributed by atoms with Crippen LogP contribution in [-0.4, -0.2) is 38.2 Å². The molecule has 0 saturated carbocycles. The molecule has 1 aliphatic heterocycles. The van der Waals surface area contributed by atoms with Crippen LogP contribution in [0.1, 0.15) is 33.1 Å². The van der Waals surface area contributed by atoms with Crippen LogP contribution in [0.4, 0.5) is 0 Å². The molecule has 0 aliphatic carbocycles. The Morgan fingerprint density at radius 2 is 1.75 bits per heavy atom. The molecule has 0 amide bonds. The zero-order valence-corrected chi connectivity index (χ0v) is 15.4. The number of hydrogen-bond acceptors (Lipinski definition) is 3. The molecule has 3 nitrogen and oxygen atoms in total. The number of fused-ring (bicyclic) bond motifs is 1. The molecular weight excluding hydrogens is 318 g/mol. The van der Waals surface area contributed by atoms with Crippen LogP contribution in [-0.2, 0) is 9.84 Å². The van der Waals surface area contributed by atoms with Crippen molar-refractivity contribution >= 4 is 20.6 Å². The van der Waals surface area contributed by atoms with Crippen molar-refractivity contribution in [1.29, 1.82) is 0 Å². The molecule has 1 aliphatic rings. The molecule has 1 atom stereocenters. The average Bonchev–Trinajstić information content (AvgIpc) is 2.61. The van der Waals surface area contributed by atoms with Gasteiger partial charge in [-0.25, -0.2) is 8.42 Å². The maximum atomic E-state index is 12.8. The molecule has 0 radical (unpaired) electrons. The van der Waals surface area contributed by atoms with Crippen molar-refractivity contribution in [1.82, 2.24) is 4.90 Å². The third-order valence-corrected chi connectivity index (χ3v) is 7.28. The lowest BCUT2D eigenvalue weighted by Crippen LogP contribution is -2.43. The van der Waals surface area contributed by atoms with Crippen molar-refractivity contribution in [3.63, 3.8) is 0 Å². The zero-order valence-electron chi connectivity index (χ0n) is 14.6. The lowest BCUT2D eigenvalue weighted by Gasteiger charge is -2.35. The maximum Gasteiger partial charge on any atom is 0.179 e. The Bertz CT molecular complexity index is 792. The van der Waals surface area contributed by atoms with Gasteiger partial charge in [0, 0.05) is 6.04 Å². The summed E-state index contributed by atoms with van der Waals surface area (Å²) in [6.07, 6.45) is 3.62. The molecule has 2 aromatic rings. The Labute approximate surface area is 145 Å². The van der Waals surface area contributed by atoms with E-state index in [1.807, 2.05) is 37.3 Å². The van der Waals surface area contributed by atoms with Crippen molar-refractivity contribution in [2.45, 2.75) is 44.0 Å². The van der Waals surface area contributed by atoms with Gasteiger partial charge in [-0.15, -0.1) is 0 Å². The SMILES string of the molecule is CCC1CCN(C(C)CS(=O)(=O)c2ccc3ccccc3c2)CC1. The second-order valence-electron chi connectivity index (χ2n) is 7.03. The van der Waals surface area contributed by atoms with E-state index in [1.165, 1.54) is 19.3 Å². The van der Waals surface area contributed by atoms with Gasteiger partial charge in [0.05, 0.1) is 10.6 Å². The molecule has 0 bridgehead atoms. The number of rotatable bonds is 5. The molecule has 0 aromatic heterocycles. The lowest BCUT2D eigenvalue weighted by molar-refractivity contribution is 0.149. The third-order valence-electron chi connectivity index (χ3n) is 5.39. The molecule has 24 heavy (non-hydrogen) atoms. The van der Waals surface area contributed by atoms with Crippen molar-refractivity contribution in [3.05, 3.63) is 42.5 Å². The predicted molar refractivity (Wildman–Crippen MR) is 100 cm³/mol. The van der Waals surface area contributed by atoms with Gasteiger partial charge in [0.15, 0.2) is 9.84 Å². The number of hydrogen-bond donors (Lipinski definition) is 0. The molecule has 1 heterocycles. The van der Waals surface area contributed by atoms with Crippen LogP contribution in [0, 0.1) is 5.92 Å². The van der Waals surface area contributed by atoms with Gasteiger partial charge >= 0.3 is 0 Å². The van der Waals surface area contributed by atoms with Gasteiger partial charge in [0.2, 0.25) is 0 Å². The maximum absolute atomic E-state index is 12.8. The third kappa shape index (κ3) is 3.81. The Hall–Kier alpha value is -1.39. The summed E-state index contributed by atoms with van der Waals surface area (Å²) in [4.78, 5) is 2.78. The van der Waals surface area contributed by atoms with E-state index < -0.39 is 9.84 Å². The van der Waals surface area contributed by atoms with E-state index in [0.29, 0.717) is 4.90 Å². The summed E-state index contributed by atoms with van der Waals surface area (Å²) in [6, 6.07) is 13.4. The topological polar surface area (TPSA) is 37.4 Å². The summed E-state index contributed by atoms with van der Waals surface area (Å²) in [5.74, 6) is 1.01. The Kier molecular flexibility index (Phi) is 5.26. The fourth-order valence-electron chi connectivity index (χ4n) is 3.68. The predicted octanol–water partition coefficient (Wildman–Crippen LogP) is 4.12. The van der Waals surface area contributed by atoms with Crippen molar-refractivity contribution in [2.24, 2.45) is 5.92 Å². The molecule has 4 heteroatoms. The van der Waals surface area contributed by atoms with E-state index >= 15 is 0 Å². The van der Waals surface area contributed by atoms with Crippen LogP contribution in [0.3, 0.4) is 0 Å². The van der Waals surface area contributed by atoms with E-state index in [0.717, 1.165) is 29.8 Å². The van der Waals surface area contributed by atoms with E-state index in [-0.39, 0.29) is 11.8 Å². The van der Waals surface area contributed by atoms with Crippen LogP contribution in [0.25, 0.3) is 10.8 Å². The van der Waals surface area contributed by atoms with Crippen LogP contribution < -0.4 is 0 Å². The molecule has 0 spiro atoms. The number of benzene rings is 2. The summed E-state index contributed by atoms with van der Waals surface area (Å²) in [6.45, 7) is 6.33. The molecule has 1 saturated heterocycles. The highest BCUT2D eigenvalue weighted by molar-refractivity contribution is 7.91. The van der Waals surface area contributed by atoms with Crippen molar-refractivity contribution in [3.8, 4) is 0 Å². The summed E-state index contributed by atoms with van der Waals surface area (Å²) in [7, 11) is -3.26. The van der Waals surface area contributed by atoms with Gasteiger partial charge in [-0.1, -0.05) is 43.7 Å². The largest absolute Gasteiger partial charge is 0.300 e. The molecule has 130 valence electrons.